The lowest BCUT2D eigenvalue weighted by molar-refractivity contribution is -0.162. The highest BCUT2D eigenvalue weighted by atomic mass is 16.7. The Labute approximate surface area is 112 Å². The molecule has 2 rings (SSSR count). The van der Waals surface area contributed by atoms with Crippen LogP contribution in [0.1, 0.15) is 18.2 Å². The van der Waals surface area contributed by atoms with E-state index in [1.165, 1.54) is 18.2 Å². The lowest BCUT2D eigenvalue weighted by Crippen LogP contribution is -2.22. The summed E-state index contributed by atoms with van der Waals surface area (Å²) in [6.45, 7) is 2.03. The highest BCUT2D eigenvalue weighted by Crippen LogP contribution is 2.27. The molecule has 19 heavy (non-hydrogen) atoms. The molecule has 1 aromatic heterocycles. The van der Waals surface area contributed by atoms with Gasteiger partial charge >= 0.3 is 0 Å². The molecular formula is C15H17NO3. The first-order valence-electron chi connectivity index (χ1n) is 6.17. The third kappa shape index (κ3) is 2.69. The molecular weight excluding hydrogens is 242 g/mol. The predicted molar refractivity (Wildman–Crippen MR) is 74.4 cm³/mol. The van der Waals surface area contributed by atoms with E-state index in [-0.39, 0.29) is 5.91 Å². The highest BCUT2D eigenvalue weighted by Gasteiger charge is 2.10. The van der Waals surface area contributed by atoms with Gasteiger partial charge in [-0.15, -0.1) is 0 Å². The summed E-state index contributed by atoms with van der Waals surface area (Å²) in [5, 5.41) is 2.19. The van der Waals surface area contributed by atoms with Gasteiger partial charge in [0, 0.05) is 30.5 Å². The summed E-state index contributed by atoms with van der Waals surface area (Å²) in [4.78, 5) is 16.5. The molecule has 0 N–H and O–H groups in total. The number of carbonyl (C=O) groups is 1. The number of fused-ring (bicyclic) bond motifs is 1. The standard InChI is InChI=1S/C15H17NO3/c1-4-13-12(9-10-15(17)16(2)18-3)11-7-5-6-8-14(11)19-13/h5-10H,4H2,1-3H3/b10-9+. The van der Waals surface area contributed by atoms with Crippen LogP contribution in [0.5, 0.6) is 0 Å². The third-order valence-corrected chi connectivity index (χ3v) is 3.01. The van der Waals surface area contributed by atoms with E-state index in [4.69, 9.17) is 9.25 Å². The minimum absolute atomic E-state index is 0.213. The number of benzene rings is 1. The van der Waals surface area contributed by atoms with Crippen molar-refractivity contribution in [3.8, 4) is 0 Å². The number of hydrogen-bond acceptors (Lipinski definition) is 3. The zero-order chi connectivity index (χ0) is 13.8. The second-order valence-corrected chi connectivity index (χ2v) is 4.14. The minimum Gasteiger partial charge on any atom is -0.460 e. The third-order valence-electron chi connectivity index (χ3n) is 3.01. The number of carbonyl (C=O) groups excluding carboxylic acids is 1. The number of aryl methyl sites for hydroxylation is 1. The second-order valence-electron chi connectivity index (χ2n) is 4.14. The first-order valence-corrected chi connectivity index (χ1v) is 6.17. The molecule has 2 aromatic rings. The Balaban J connectivity index is 2.39. The van der Waals surface area contributed by atoms with Gasteiger partial charge in [0.15, 0.2) is 0 Å². The molecule has 4 nitrogen and oxygen atoms in total. The molecule has 0 aliphatic rings. The Hall–Kier alpha value is -2.07. The molecule has 0 saturated heterocycles. The van der Waals surface area contributed by atoms with E-state index in [0.29, 0.717) is 0 Å². The number of rotatable bonds is 4. The van der Waals surface area contributed by atoms with Crippen molar-refractivity contribution >= 4 is 23.0 Å². The molecule has 0 aliphatic carbocycles. The van der Waals surface area contributed by atoms with E-state index in [0.717, 1.165) is 28.7 Å². The van der Waals surface area contributed by atoms with Crippen LogP contribution < -0.4 is 0 Å². The summed E-state index contributed by atoms with van der Waals surface area (Å²) in [5.41, 5.74) is 1.79. The van der Waals surface area contributed by atoms with Crippen molar-refractivity contribution in [2.75, 3.05) is 14.2 Å². The van der Waals surface area contributed by atoms with Crippen molar-refractivity contribution in [1.82, 2.24) is 5.06 Å². The number of hydroxylamine groups is 2. The molecule has 0 aliphatic heterocycles. The maximum Gasteiger partial charge on any atom is 0.269 e. The van der Waals surface area contributed by atoms with Gasteiger partial charge in [0.25, 0.3) is 5.91 Å². The topological polar surface area (TPSA) is 42.7 Å². The number of nitrogens with zero attached hydrogens (tertiary/aromatic N) is 1. The van der Waals surface area contributed by atoms with Crippen LogP contribution in [0.3, 0.4) is 0 Å². The van der Waals surface area contributed by atoms with Gasteiger partial charge in [0.2, 0.25) is 0 Å². The van der Waals surface area contributed by atoms with Crippen LogP contribution in [0, 0.1) is 0 Å². The van der Waals surface area contributed by atoms with Crippen LogP contribution in [0.25, 0.3) is 17.0 Å². The van der Waals surface area contributed by atoms with Crippen LogP contribution in [0.2, 0.25) is 0 Å². The normalized spacial score (nSPS) is 11.3. The van der Waals surface area contributed by atoms with Gasteiger partial charge < -0.3 is 4.42 Å². The van der Waals surface area contributed by atoms with Crippen LogP contribution in [-0.2, 0) is 16.1 Å². The van der Waals surface area contributed by atoms with Gasteiger partial charge in [-0.25, -0.2) is 5.06 Å². The summed E-state index contributed by atoms with van der Waals surface area (Å²) in [7, 11) is 3.03. The molecule has 1 heterocycles. The Morgan fingerprint density at radius 2 is 2.16 bits per heavy atom. The van der Waals surface area contributed by atoms with Crippen molar-refractivity contribution in [3.05, 3.63) is 41.7 Å². The molecule has 0 fully saturated rings. The number of amides is 1. The largest absolute Gasteiger partial charge is 0.460 e. The van der Waals surface area contributed by atoms with Crippen molar-refractivity contribution in [3.63, 3.8) is 0 Å². The van der Waals surface area contributed by atoms with E-state index < -0.39 is 0 Å². The van der Waals surface area contributed by atoms with Gasteiger partial charge in [-0.05, 0) is 12.1 Å². The molecule has 0 spiro atoms. The van der Waals surface area contributed by atoms with E-state index in [2.05, 4.69) is 0 Å². The SMILES string of the molecule is CCc1oc2ccccc2c1/C=C/C(=O)N(C)OC. The van der Waals surface area contributed by atoms with E-state index >= 15 is 0 Å². The number of furan rings is 1. The maximum absolute atomic E-state index is 11.7. The molecule has 0 radical (unpaired) electrons. The van der Waals surface area contributed by atoms with Crippen molar-refractivity contribution in [2.24, 2.45) is 0 Å². The molecule has 4 heteroatoms. The second kappa shape index (κ2) is 5.71. The molecule has 1 aromatic carbocycles. The van der Waals surface area contributed by atoms with Crippen LogP contribution in [-0.4, -0.2) is 25.1 Å². The van der Waals surface area contributed by atoms with Gasteiger partial charge in [-0.3, -0.25) is 9.63 Å². The quantitative estimate of drug-likeness (QED) is 0.626. The lowest BCUT2D eigenvalue weighted by Gasteiger charge is -2.09. The number of hydrogen-bond donors (Lipinski definition) is 0. The summed E-state index contributed by atoms with van der Waals surface area (Å²) in [5.74, 6) is 0.667. The Morgan fingerprint density at radius 3 is 2.84 bits per heavy atom. The fraction of sp³-hybridized carbons (Fsp3) is 0.267. The Bertz CT molecular complexity index is 613. The van der Waals surface area contributed by atoms with Gasteiger partial charge in [-0.2, -0.15) is 0 Å². The fourth-order valence-corrected chi connectivity index (χ4v) is 1.91. The molecule has 0 bridgehead atoms. The first-order chi connectivity index (χ1) is 9.17. The lowest BCUT2D eigenvalue weighted by atomic mass is 10.1. The predicted octanol–water partition coefficient (Wildman–Crippen LogP) is 3.03. The number of para-hydroxylation sites is 1. The van der Waals surface area contributed by atoms with Crippen molar-refractivity contribution in [2.45, 2.75) is 13.3 Å². The van der Waals surface area contributed by atoms with Crippen LogP contribution >= 0.6 is 0 Å². The average molecular weight is 259 g/mol. The first kappa shape index (κ1) is 13.4. The monoisotopic (exact) mass is 259 g/mol. The molecule has 0 unspecified atom stereocenters. The summed E-state index contributed by atoms with van der Waals surface area (Å²) >= 11 is 0. The van der Waals surface area contributed by atoms with E-state index in [1.807, 2.05) is 31.2 Å². The smallest absolute Gasteiger partial charge is 0.269 e. The van der Waals surface area contributed by atoms with Crippen LogP contribution in [0.4, 0.5) is 0 Å². The Morgan fingerprint density at radius 1 is 1.42 bits per heavy atom. The zero-order valence-corrected chi connectivity index (χ0v) is 11.3. The molecule has 0 saturated carbocycles. The molecule has 0 atom stereocenters. The highest BCUT2D eigenvalue weighted by molar-refractivity contribution is 5.95. The molecule has 1 amide bonds. The summed E-state index contributed by atoms with van der Waals surface area (Å²) in [6, 6.07) is 7.80. The average Bonchev–Trinajstić information content (AvgIpc) is 2.81. The van der Waals surface area contributed by atoms with E-state index in [1.54, 1.807) is 13.1 Å². The summed E-state index contributed by atoms with van der Waals surface area (Å²) in [6.07, 6.45) is 4.05. The maximum atomic E-state index is 11.7. The minimum atomic E-state index is -0.213. The fourth-order valence-electron chi connectivity index (χ4n) is 1.91. The Kier molecular flexibility index (Phi) is 4.02. The van der Waals surface area contributed by atoms with Gasteiger partial charge in [0.1, 0.15) is 11.3 Å². The molecule has 100 valence electrons. The van der Waals surface area contributed by atoms with Gasteiger partial charge in [-0.1, -0.05) is 25.1 Å². The summed E-state index contributed by atoms with van der Waals surface area (Å²) < 4.78 is 5.76. The van der Waals surface area contributed by atoms with Crippen LogP contribution in [0.15, 0.2) is 34.8 Å². The number of likely N-dealkylation sites (N-methyl/N-ethyl adjacent to an activating group) is 1. The van der Waals surface area contributed by atoms with Gasteiger partial charge in [0.05, 0.1) is 7.11 Å². The van der Waals surface area contributed by atoms with Crippen molar-refractivity contribution < 1.29 is 14.0 Å². The zero-order valence-electron chi connectivity index (χ0n) is 11.3. The van der Waals surface area contributed by atoms with E-state index in [9.17, 15) is 4.79 Å². The van der Waals surface area contributed by atoms with Crippen molar-refractivity contribution in [1.29, 1.82) is 0 Å².